The molecule has 4 aromatic carbocycles. The Morgan fingerprint density at radius 2 is 1.03 bits per heavy atom. The molecule has 0 fully saturated rings. The van der Waals surface area contributed by atoms with E-state index in [0.29, 0.717) is 29.5 Å². The second-order valence-electron chi connectivity index (χ2n) is 14.9. The number of aromatic nitrogens is 6. The molecule has 13 heteroatoms. The molecule has 0 radical (unpaired) electrons. The summed E-state index contributed by atoms with van der Waals surface area (Å²) in [5.74, 6) is 1.96. The molecule has 59 heavy (non-hydrogen) atoms. The summed E-state index contributed by atoms with van der Waals surface area (Å²) in [7, 11) is 2.10. The van der Waals surface area contributed by atoms with Gasteiger partial charge in [0.2, 0.25) is 0 Å². The van der Waals surface area contributed by atoms with Crippen molar-refractivity contribution < 1.29 is 0 Å². The number of nitrogen functional groups attached to an aromatic ring is 2. The van der Waals surface area contributed by atoms with E-state index in [0.717, 1.165) is 75.7 Å². The van der Waals surface area contributed by atoms with Gasteiger partial charge in [-0.2, -0.15) is 0 Å². The Kier molecular flexibility index (Phi) is 11.5. The maximum Gasteiger partial charge on any atom is 0.164 e. The molecule has 296 valence electrons. The van der Waals surface area contributed by atoms with E-state index in [1.54, 1.807) is 36.2 Å². The Bertz CT molecular complexity index is 2760. The number of rotatable bonds is 13. The lowest BCUT2D eigenvalue weighted by molar-refractivity contribution is 0.827. The Labute approximate surface area is 352 Å². The van der Waals surface area contributed by atoms with Crippen LogP contribution in [0.5, 0.6) is 0 Å². The van der Waals surface area contributed by atoms with Gasteiger partial charge in [0.1, 0.15) is 24.3 Å². The first-order chi connectivity index (χ1) is 28.6. The van der Waals surface area contributed by atoms with Gasteiger partial charge < -0.3 is 27.0 Å². The van der Waals surface area contributed by atoms with Gasteiger partial charge in [-0.05, 0) is 121 Å². The Hall–Kier alpha value is -6.44. The lowest BCUT2D eigenvalue weighted by atomic mass is 10.1. The molecule has 0 aliphatic heterocycles. The number of benzene rings is 4. The first-order valence-corrected chi connectivity index (χ1v) is 21.0. The minimum Gasteiger partial charge on any atom is -0.399 e. The monoisotopic (exact) mass is 815 g/mol. The zero-order valence-corrected chi connectivity index (χ0v) is 35.1. The highest BCUT2D eigenvalue weighted by molar-refractivity contribution is 7.99. The second-order valence-corrected chi connectivity index (χ2v) is 17.2. The van der Waals surface area contributed by atoms with Crippen LogP contribution in [0.2, 0.25) is 0 Å². The molecular weight excluding hydrogens is 771 g/mol. The lowest BCUT2D eigenvalue weighted by Gasteiger charge is -2.23. The molecule has 0 spiro atoms. The van der Waals surface area contributed by atoms with Crippen LogP contribution in [0.3, 0.4) is 0 Å². The lowest BCUT2D eigenvalue weighted by Crippen LogP contribution is -2.16. The van der Waals surface area contributed by atoms with Gasteiger partial charge in [-0.3, -0.25) is 0 Å². The van der Waals surface area contributed by atoms with Crippen LogP contribution in [0.4, 0.5) is 40.1 Å². The fraction of sp³-hybridized carbons (Fsp3) is 0.174. The molecule has 4 aromatic heterocycles. The third-order valence-electron chi connectivity index (χ3n) is 9.81. The molecule has 0 saturated carbocycles. The van der Waals surface area contributed by atoms with Gasteiger partial charge in [0.25, 0.3) is 0 Å². The molecule has 0 bridgehead atoms. The van der Waals surface area contributed by atoms with Crippen LogP contribution in [-0.2, 0) is 6.54 Å². The van der Waals surface area contributed by atoms with E-state index in [9.17, 15) is 0 Å². The minimum absolute atomic E-state index is 0.286. The largest absolute Gasteiger partial charge is 0.399 e. The number of hydrogen-bond acceptors (Lipinski definition) is 13. The van der Waals surface area contributed by atoms with Gasteiger partial charge in [-0.1, -0.05) is 57.3 Å². The summed E-state index contributed by atoms with van der Waals surface area (Å²) >= 11 is 3.32. The number of nitrogens with zero attached hydrogens (tertiary/aromatic N) is 7. The van der Waals surface area contributed by atoms with E-state index < -0.39 is 0 Å². The van der Waals surface area contributed by atoms with Crippen molar-refractivity contribution in [2.24, 2.45) is 0 Å². The Balaban J connectivity index is 1.12. The summed E-state index contributed by atoms with van der Waals surface area (Å²) in [5.41, 5.74) is 20.7. The van der Waals surface area contributed by atoms with Crippen molar-refractivity contribution in [2.45, 2.75) is 65.7 Å². The van der Waals surface area contributed by atoms with Crippen LogP contribution in [0.25, 0.3) is 22.1 Å². The molecule has 6 N–H and O–H groups in total. The summed E-state index contributed by atoms with van der Waals surface area (Å²) in [6.45, 7) is 9.15. The fourth-order valence-corrected chi connectivity index (χ4v) is 8.27. The molecule has 0 atom stereocenters. The summed E-state index contributed by atoms with van der Waals surface area (Å²) in [6, 6.07) is 37.0. The van der Waals surface area contributed by atoms with Crippen LogP contribution in [0, 0.1) is 0 Å². The van der Waals surface area contributed by atoms with Crippen molar-refractivity contribution in [2.75, 3.05) is 34.0 Å². The van der Waals surface area contributed by atoms with Crippen molar-refractivity contribution in [1.82, 2.24) is 29.9 Å². The Morgan fingerprint density at radius 3 is 1.53 bits per heavy atom. The zero-order valence-electron chi connectivity index (χ0n) is 33.5. The fourth-order valence-electron chi connectivity index (χ4n) is 6.51. The third-order valence-corrected chi connectivity index (χ3v) is 12.0. The number of anilines is 7. The molecule has 8 aromatic rings. The van der Waals surface area contributed by atoms with E-state index in [-0.39, 0.29) is 11.8 Å². The summed E-state index contributed by atoms with van der Waals surface area (Å²) in [4.78, 5) is 34.4. The maximum atomic E-state index is 6.02. The summed E-state index contributed by atoms with van der Waals surface area (Å²) in [6.07, 6.45) is 3.13. The molecule has 0 amide bonds. The van der Waals surface area contributed by atoms with E-state index in [2.05, 4.69) is 113 Å². The van der Waals surface area contributed by atoms with Crippen LogP contribution in [0.1, 0.15) is 56.5 Å². The number of hydrogen-bond donors (Lipinski definition) is 4. The van der Waals surface area contributed by atoms with E-state index in [1.165, 1.54) is 0 Å². The van der Waals surface area contributed by atoms with Crippen LogP contribution < -0.4 is 27.0 Å². The summed E-state index contributed by atoms with van der Waals surface area (Å²) < 4.78 is 0. The van der Waals surface area contributed by atoms with Gasteiger partial charge in [0, 0.05) is 61.6 Å². The standard InChI is InChI=1S/C46H45N11S2/c1-27(2)37-18-16-35-43(53-37)49-25-51-45(35)55-39-22-29(6-20-41(39)58-33-12-7-30(47)8-13-33)24-57(5)32-11-21-42(59-34-14-9-31(48)10-15-34)40(23-32)56-46-36-17-19-38(28(3)4)54-44(36)50-26-52-46/h6-23,25-28H,24,47-48H2,1-5H3,(H,49,51,53,55)(H,50,52,54,56). The van der Waals surface area contributed by atoms with Crippen molar-refractivity contribution >= 4 is 85.7 Å². The van der Waals surface area contributed by atoms with Crippen molar-refractivity contribution in [1.29, 1.82) is 0 Å². The van der Waals surface area contributed by atoms with E-state index in [4.69, 9.17) is 21.4 Å². The SMILES string of the molecule is CC(C)c1ccc2c(Nc3cc(CN(C)c4ccc(Sc5ccc(N)cc5)c(Nc5ncnc6nc(C(C)C)ccc56)c4)ccc3Sc3ccc(N)cc3)ncnc2n1. The molecule has 8 rings (SSSR count). The number of fused-ring (bicyclic) bond motifs is 2. The smallest absolute Gasteiger partial charge is 0.164 e. The first-order valence-electron chi connectivity index (χ1n) is 19.4. The third kappa shape index (κ3) is 9.16. The van der Waals surface area contributed by atoms with Crippen LogP contribution in [0.15, 0.2) is 141 Å². The Morgan fingerprint density at radius 1 is 0.559 bits per heavy atom. The average molecular weight is 816 g/mol. The van der Waals surface area contributed by atoms with Crippen molar-refractivity contribution in [3.8, 4) is 0 Å². The molecule has 0 saturated heterocycles. The molecule has 4 heterocycles. The molecule has 0 aliphatic rings. The maximum absolute atomic E-state index is 6.02. The topological polar surface area (TPSA) is 157 Å². The predicted molar refractivity (Wildman–Crippen MR) is 244 cm³/mol. The van der Waals surface area contributed by atoms with Crippen molar-refractivity contribution in [3.05, 3.63) is 139 Å². The predicted octanol–water partition coefficient (Wildman–Crippen LogP) is 11.2. The quantitative estimate of drug-likeness (QED) is 0.0816. The van der Waals surface area contributed by atoms with E-state index >= 15 is 0 Å². The van der Waals surface area contributed by atoms with Gasteiger partial charge in [-0.25, -0.2) is 29.9 Å². The highest BCUT2D eigenvalue weighted by Gasteiger charge is 2.16. The molecule has 0 unspecified atom stereocenters. The van der Waals surface area contributed by atoms with Crippen LogP contribution >= 0.6 is 23.5 Å². The van der Waals surface area contributed by atoms with Crippen molar-refractivity contribution in [3.63, 3.8) is 0 Å². The number of nitrogens with one attached hydrogen (secondary N) is 2. The highest BCUT2D eigenvalue weighted by atomic mass is 32.2. The van der Waals surface area contributed by atoms with Crippen LogP contribution in [-0.4, -0.2) is 37.0 Å². The minimum atomic E-state index is 0.286. The first kappa shape index (κ1) is 39.4. The van der Waals surface area contributed by atoms with Gasteiger partial charge >= 0.3 is 0 Å². The second kappa shape index (κ2) is 17.2. The van der Waals surface area contributed by atoms with E-state index in [1.807, 2.05) is 66.7 Å². The highest BCUT2D eigenvalue weighted by Crippen LogP contribution is 2.40. The summed E-state index contributed by atoms with van der Waals surface area (Å²) in [5, 5.41) is 9.00. The normalized spacial score (nSPS) is 11.4. The van der Waals surface area contributed by atoms with Gasteiger partial charge in [0.15, 0.2) is 11.3 Å². The molecule has 0 aliphatic carbocycles. The molecule has 11 nitrogen and oxygen atoms in total. The number of pyridine rings is 2. The zero-order chi connectivity index (χ0) is 41.0. The van der Waals surface area contributed by atoms with Gasteiger partial charge in [-0.15, -0.1) is 0 Å². The number of nitrogens with two attached hydrogens (primary N) is 2. The average Bonchev–Trinajstić information content (AvgIpc) is 3.23. The molecular formula is C46H45N11S2. The van der Waals surface area contributed by atoms with Gasteiger partial charge in [0.05, 0.1) is 22.1 Å².